The molecule has 3 N–H and O–H groups in total. The van der Waals surface area contributed by atoms with Gasteiger partial charge in [0, 0.05) is 41.8 Å². The Bertz CT molecular complexity index is 507. The quantitative estimate of drug-likeness (QED) is 0.857. The van der Waals surface area contributed by atoms with Gasteiger partial charge in [-0.25, -0.2) is 0 Å². The van der Waals surface area contributed by atoms with E-state index in [9.17, 15) is 0 Å². The van der Waals surface area contributed by atoms with Gasteiger partial charge in [-0.15, -0.1) is 0 Å². The van der Waals surface area contributed by atoms with Gasteiger partial charge in [0.15, 0.2) is 0 Å². The Morgan fingerprint density at radius 2 is 2.18 bits per heavy atom. The van der Waals surface area contributed by atoms with Crippen LogP contribution in [0.1, 0.15) is 12.0 Å². The Balaban J connectivity index is 2.46. The predicted octanol–water partition coefficient (Wildman–Crippen LogP) is 2.18. The molecule has 0 amide bonds. The molecule has 0 spiro atoms. The lowest BCUT2D eigenvalue weighted by atomic mass is 10.1. The summed E-state index contributed by atoms with van der Waals surface area (Å²) in [6.07, 6.45) is 3.78. The van der Waals surface area contributed by atoms with E-state index < -0.39 is 0 Å². The number of aryl methyl sites for hydroxylation is 1. The van der Waals surface area contributed by atoms with Crippen LogP contribution in [0.3, 0.4) is 0 Å². The molecule has 2 aromatic rings. The summed E-state index contributed by atoms with van der Waals surface area (Å²) in [6.45, 7) is 1.61. The van der Waals surface area contributed by atoms with E-state index in [1.807, 2.05) is 18.2 Å². The zero-order chi connectivity index (χ0) is 12.3. The molecule has 1 aromatic heterocycles. The Hall–Kier alpha value is -1.03. The SMILES string of the molecule is NCCn1cc(CCCO)c2ccc(Cl)cc21. The first kappa shape index (κ1) is 12.4. The van der Waals surface area contributed by atoms with Gasteiger partial charge >= 0.3 is 0 Å². The minimum Gasteiger partial charge on any atom is -0.396 e. The van der Waals surface area contributed by atoms with Crippen LogP contribution >= 0.6 is 11.6 Å². The molecule has 1 heterocycles. The first-order valence-electron chi connectivity index (χ1n) is 5.84. The summed E-state index contributed by atoms with van der Waals surface area (Å²) >= 11 is 6.02. The molecule has 0 atom stereocenters. The Morgan fingerprint density at radius 1 is 1.35 bits per heavy atom. The van der Waals surface area contributed by atoms with Crippen molar-refractivity contribution in [3.63, 3.8) is 0 Å². The summed E-state index contributed by atoms with van der Waals surface area (Å²) in [4.78, 5) is 0. The van der Waals surface area contributed by atoms with Gasteiger partial charge in [0.1, 0.15) is 0 Å². The monoisotopic (exact) mass is 252 g/mol. The maximum atomic E-state index is 8.91. The fraction of sp³-hybridized carbons (Fsp3) is 0.385. The number of aromatic nitrogens is 1. The van der Waals surface area contributed by atoms with Crippen molar-refractivity contribution in [1.29, 1.82) is 0 Å². The van der Waals surface area contributed by atoms with Gasteiger partial charge in [-0.2, -0.15) is 0 Å². The third-order valence-corrected chi connectivity index (χ3v) is 3.14. The highest BCUT2D eigenvalue weighted by Gasteiger charge is 2.08. The van der Waals surface area contributed by atoms with Crippen molar-refractivity contribution >= 4 is 22.5 Å². The zero-order valence-electron chi connectivity index (χ0n) is 9.69. The summed E-state index contributed by atoms with van der Waals surface area (Å²) in [7, 11) is 0. The highest BCUT2D eigenvalue weighted by Crippen LogP contribution is 2.25. The summed E-state index contributed by atoms with van der Waals surface area (Å²) in [5, 5.41) is 10.8. The van der Waals surface area contributed by atoms with Gasteiger partial charge in [0.2, 0.25) is 0 Å². The van der Waals surface area contributed by atoms with E-state index in [1.54, 1.807) is 0 Å². The molecule has 4 heteroatoms. The minimum absolute atomic E-state index is 0.219. The molecule has 0 aliphatic carbocycles. The van der Waals surface area contributed by atoms with Gasteiger partial charge in [-0.05, 0) is 30.5 Å². The molecule has 0 saturated heterocycles. The second-order valence-electron chi connectivity index (χ2n) is 4.13. The van der Waals surface area contributed by atoms with E-state index in [0.717, 1.165) is 29.9 Å². The number of hydrogen-bond acceptors (Lipinski definition) is 2. The van der Waals surface area contributed by atoms with Crippen LogP contribution in [-0.4, -0.2) is 22.8 Å². The second-order valence-corrected chi connectivity index (χ2v) is 4.56. The summed E-state index contributed by atoms with van der Waals surface area (Å²) in [6, 6.07) is 5.91. The van der Waals surface area contributed by atoms with Crippen LogP contribution in [0.25, 0.3) is 10.9 Å². The van der Waals surface area contributed by atoms with Crippen molar-refractivity contribution < 1.29 is 5.11 Å². The van der Waals surface area contributed by atoms with Crippen LogP contribution < -0.4 is 5.73 Å². The molecule has 0 saturated carbocycles. The number of nitrogens with two attached hydrogens (primary N) is 1. The molecular weight excluding hydrogens is 236 g/mol. The molecule has 0 radical (unpaired) electrons. The number of fused-ring (bicyclic) bond motifs is 1. The van der Waals surface area contributed by atoms with Crippen LogP contribution in [-0.2, 0) is 13.0 Å². The average molecular weight is 253 g/mol. The van der Waals surface area contributed by atoms with Crippen molar-refractivity contribution in [3.05, 3.63) is 35.0 Å². The molecule has 92 valence electrons. The van der Waals surface area contributed by atoms with Crippen LogP contribution in [0.2, 0.25) is 5.02 Å². The van der Waals surface area contributed by atoms with Gasteiger partial charge in [0.05, 0.1) is 0 Å². The van der Waals surface area contributed by atoms with Gasteiger partial charge in [0.25, 0.3) is 0 Å². The number of halogens is 1. The lowest BCUT2D eigenvalue weighted by Gasteiger charge is -2.02. The van der Waals surface area contributed by atoms with Crippen LogP contribution in [0.5, 0.6) is 0 Å². The van der Waals surface area contributed by atoms with E-state index >= 15 is 0 Å². The summed E-state index contributed by atoms with van der Waals surface area (Å²) in [5.41, 5.74) is 7.98. The molecule has 3 nitrogen and oxygen atoms in total. The number of aliphatic hydroxyl groups excluding tert-OH is 1. The van der Waals surface area contributed by atoms with E-state index in [4.69, 9.17) is 22.4 Å². The Labute approximate surface area is 106 Å². The molecule has 0 bridgehead atoms. The standard InChI is InChI=1S/C13H17ClN2O/c14-11-3-4-12-10(2-1-7-17)9-16(6-5-15)13(12)8-11/h3-4,8-9,17H,1-2,5-7,15H2. The Morgan fingerprint density at radius 3 is 2.88 bits per heavy atom. The molecule has 17 heavy (non-hydrogen) atoms. The van der Waals surface area contributed by atoms with Crippen molar-refractivity contribution in [3.8, 4) is 0 Å². The lowest BCUT2D eigenvalue weighted by molar-refractivity contribution is 0.288. The smallest absolute Gasteiger partial charge is 0.0498 e. The maximum absolute atomic E-state index is 8.91. The first-order valence-corrected chi connectivity index (χ1v) is 6.22. The number of rotatable bonds is 5. The molecule has 1 aromatic carbocycles. The van der Waals surface area contributed by atoms with E-state index in [2.05, 4.69) is 10.8 Å². The molecule has 2 rings (SSSR count). The van der Waals surface area contributed by atoms with Gasteiger partial charge in [-0.1, -0.05) is 17.7 Å². The van der Waals surface area contributed by atoms with Crippen molar-refractivity contribution in [2.45, 2.75) is 19.4 Å². The fourth-order valence-electron chi connectivity index (χ4n) is 2.13. The highest BCUT2D eigenvalue weighted by atomic mass is 35.5. The molecule has 0 aliphatic heterocycles. The molecule has 0 aliphatic rings. The number of nitrogens with zero attached hydrogens (tertiary/aromatic N) is 1. The number of hydrogen-bond donors (Lipinski definition) is 2. The normalized spacial score (nSPS) is 11.2. The third kappa shape index (κ3) is 2.63. The van der Waals surface area contributed by atoms with Crippen LogP contribution in [0.15, 0.2) is 24.4 Å². The summed E-state index contributed by atoms with van der Waals surface area (Å²) in [5.74, 6) is 0. The van der Waals surface area contributed by atoms with E-state index in [-0.39, 0.29) is 6.61 Å². The largest absolute Gasteiger partial charge is 0.396 e. The summed E-state index contributed by atoms with van der Waals surface area (Å²) < 4.78 is 2.13. The number of aliphatic hydroxyl groups is 1. The maximum Gasteiger partial charge on any atom is 0.0498 e. The van der Waals surface area contributed by atoms with Crippen LogP contribution in [0.4, 0.5) is 0 Å². The molecular formula is C13H17ClN2O. The van der Waals surface area contributed by atoms with E-state index in [1.165, 1.54) is 10.9 Å². The Kier molecular flexibility index (Phi) is 4.05. The molecule has 0 unspecified atom stereocenters. The first-order chi connectivity index (χ1) is 8.26. The average Bonchev–Trinajstić information content (AvgIpc) is 2.65. The van der Waals surface area contributed by atoms with Gasteiger partial charge < -0.3 is 15.4 Å². The second kappa shape index (κ2) is 5.54. The third-order valence-electron chi connectivity index (χ3n) is 2.90. The van der Waals surface area contributed by atoms with Crippen LogP contribution in [0, 0.1) is 0 Å². The molecule has 0 fully saturated rings. The fourth-order valence-corrected chi connectivity index (χ4v) is 2.30. The van der Waals surface area contributed by atoms with E-state index in [0.29, 0.717) is 6.54 Å². The zero-order valence-corrected chi connectivity index (χ0v) is 10.5. The lowest BCUT2D eigenvalue weighted by Crippen LogP contribution is -2.08. The van der Waals surface area contributed by atoms with Crippen molar-refractivity contribution in [2.75, 3.05) is 13.2 Å². The van der Waals surface area contributed by atoms with Crippen molar-refractivity contribution in [2.24, 2.45) is 5.73 Å². The van der Waals surface area contributed by atoms with Crippen molar-refractivity contribution in [1.82, 2.24) is 4.57 Å². The predicted molar refractivity (Wildman–Crippen MR) is 71.4 cm³/mol. The van der Waals surface area contributed by atoms with Gasteiger partial charge in [-0.3, -0.25) is 0 Å². The highest BCUT2D eigenvalue weighted by molar-refractivity contribution is 6.31. The topological polar surface area (TPSA) is 51.2 Å². The minimum atomic E-state index is 0.219. The number of benzene rings is 1.